The summed E-state index contributed by atoms with van der Waals surface area (Å²) in [7, 11) is 1.41. The van der Waals surface area contributed by atoms with E-state index in [-0.39, 0.29) is 11.9 Å². The lowest BCUT2D eigenvalue weighted by molar-refractivity contribution is -0.141. The minimum absolute atomic E-state index is 0.0433. The fourth-order valence-electron chi connectivity index (χ4n) is 2.03. The molecule has 0 fully saturated rings. The predicted molar refractivity (Wildman–Crippen MR) is 69.1 cm³/mol. The van der Waals surface area contributed by atoms with Gasteiger partial charge in [0.25, 0.3) is 0 Å². The number of carbonyl (C=O) groups excluding carboxylic acids is 1. The van der Waals surface area contributed by atoms with Crippen LogP contribution < -0.4 is 5.73 Å². The number of carbonyl (C=O) groups is 1. The van der Waals surface area contributed by atoms with Crippen molar-refractivity contribution in [3.8, 4) is 0 Å². The first kappa shape index (κ1) is 13.7. The first-order chi connectivity index (χ1) is 7.99. The van der Waals surface area contributed by atoms with Gasteiger partial charge in [0.2, 0.25) is 0 Å². The Hall–Kier alpha value is -1.35. The molecular weight excluding hydrogens is 214 g/mol. The van der Waals surface area contributed by atoms with E-state index in [0.717, 1.165) is 5.56 Å². The van der Waals surface area contributed by atoms with E-state index in [2.05, 4.69) is 32.9 Å². The lowest BCUT2D eigenvalue weighted by Crippen LogP contribution is -2.18. The summed E-state index contributed by atoms with van der Waals surface area (Å²) < 4.78 is 4.70. The minimum atomic E-state index is -0.210. The van der Waals surface area contributed by atoms with Gasteiger partial charge in [0.15, 0.2) is 0 Å². The third-order valence-electron chi connectivity index (χ3n) is 3.25. The van der Waals surface area contributed by atoms with Crippen LogP contribution in [-0.2, 0) is 9.53 Å². The van der Waals surface area contributed by atoms with E-state index in [4.69, 9.17) is 10.5 Å². The molecule has 0 heterocycles. The average Bonchev–Trinajstić information content (AvgIpc) is 2.30. The SMILES string of the molecule is COC(=O)CC(CN)c1cc(C)c(C)cc1C. The van der Waals surface area contributed by atoms with Crippen molar-refractivity contribution in [3.63, 3.8) is 0 Å². The maximum atomic E-state index is 11.3. The van der Waals surface area contributed by atoms with E-state index in [0.29, 0.717) is 13.0 Å². The van der Waals surface area contributed by atoms with E-state index in [9.17, 15) is 4.79 Å². The third kappa shape index (κ3) is 3.30. The molecule has 0 aliphatic carbocycles. The second-order valence-corrected chi connectivity index (χ2v) is 4.51. The van der Waals surface area contributed by atoms with E-state index >= 15 is 0 Å². The number of nitrogens with two attached hydrogens (primary N) is 1. The molecule has 0 spiro atoms. The molecule has 0 amide bonds. The second-order valence-electron chi connectivity index (χ2n) is 4.51. The molecule has 94 valence electrons. The van der Waals surface area contributed by atoms with Crippen LogP contribution >= 0.6 is 0 Å². The Bertz CT molecular complexity index is 413. The quantitative estimate of drug-likeness (QED) is 0.814. The average molecular weight is 235 g/mol. The highest BCUT2D eigenvalue weighted by atomic mass is 16.5. The van der Waals surface area contributed by atoms with Gasteiger partial charge in [-0.1, -0.05) is 12.1 Å². The van der Waals surface area contributed by atoms with Crippen LogP contribution in [0.25, 0.3) is 0 Å². The van der Waals surface area contributed by atoms with Gasteiger partial charge in [0, 0.05) is 5.92 Å². The molecule has 0 aliphatic rings. The van der Waals surface area contributed by atoms with Crippen LogP contribution in [0.3, 0.4) is 0 Å². The molecule has 1 atom stereocenters. The minimum Gasteiger partial charge on any atom is -0.469 e. The number of hydrogen-bond donors (Lipinski definition) is 1. The molecule has 0 saturated carbocycles. The number of esters is 1. The first-order valence-electron chi connectivity index (χ1n) is 5.84. The Balaban J connectivity index is 3.03. The van der Waals surface area contributed by atoms with Gasteiger partial charge >= 0.3 is 5.97 Å². The predicted octanol–water partition coefficient (Wildman–Crippen LogP) is 2.22. The summed E-state index contributed by atoms with van der Waals surface area (Å²) in [5.41, 5.74) is 10.6. The summed E-state index contributed by atoms with van der Waals surface area (Å²) >= 11 is 0. The Kier molecular flexibility index (Phi) is 4.70. The van der Waals surface area contributed by atoms with Crippen molar-refractivity contribution in [2.75, 3.05) is 13.7 Å². The molecule has 2 N–H and O–H groups in total. The molecule has 3 heteroatoms. The summed E-state index contributed by atoms with van der Waals surface area (Å²) in [6, 6.07) is 4.27. The molecule has 0 bridgehead atoms. The fourth-order valence-corrected chi connectivity index (χ4v) is 2.03. The van der Waals surface area contributed by atoms with E-state index in [1.165, 1.54) is 23.8 Å². The van der Waals surface area contributed by atoms with Gasteiger partial charge in [0.05, 0.1) is 13.5 Å². The molecule has 1 aromatic rings. The smallest absolute Gasteiger partial charge is 0.306 e. The molecule has 3 nitrogen and oxygen atoms in total. The highest BCUT2D eigenvalue weighted by molar-refractivity contribution is 5.70. The Labute approximate surface area is 103 Å². The zero-order valence-corrected chi connectivity index (χ0v) is 11.0. The summed E-state index contributed by atoms with van der Waals surface area (Å²) in [5, 5.41) is 0. The van der Waals surface area contributed by atoms with Gasteiger partial charge in [-0.15, -0.1) is 0 Å². The van der Waals surface area contributed by atoms with Crippen LogP contribution in [-0.4, -0.2) is 19.6 Å². The number of hydrogen-bond acceptors (Lipinski definition) is 3. The zero-order chi connectivity index (χ0) is 13.0. The van der Waals surface area contributed by atoms with Crippen molar-refractivity contribution < 1.29 is 9.53 Å². The monoisotopic (exact) mass is 235 g/mol. The molecule has 17 heavy (non-hydrogen) atoms. The molecule has 1 rings (SSSR count). The topological polar surface area (TPSA) is 52.3 Å². The number of rotatable bonds is 4. The molecule has 0 aromatic heterocycles. The molecular formula is C14H21NO2. The maximum Gasteiger partial charge on any atom is 0.306 e. The van der Waals surface area contributed by atoms with Crippen LogP contribution in [0, 0.1) is 20.8 Å². The van der Waals surface area contributed by atoms with Crippen molar-refractivity contribution in [1.82, 2.24) is 0 Å². The number of ether oxygens (including phenoxy) is 1. The van der Waals surface area contributed by atoms with Crippen molar-refractivity contribution in [1.29, 1.82) is 0 Å². The van der Waals surface area contributed by atoms with Crippen LogP contribution in [0.4, 0.5) is 0 Å². The largest absolute Gasteiger partial charge is 0.469 e. The molecule has 0 radical (unpaired) electrons. The number of aryl methyl sites for hydroxylation is 3. The van der Waals surface area contributed by atoms with Crippen LogP contribution in [0.5, 0.6) is 0 Å². The molecule has 0 saturated heterocycles. The van der Waals surface area contributed by atoms with Gasteiger partial charge in [-0.3, -0.25) is 4.79 Å². The second kappa shape index (κ2) is 5.82. The van der Waals surface area contributed by atoms with E-state index in [1.807, 2.05) is 0 Å². The van der Waals surface area contributed by atoms with Gasteiger partial charge in [-0.05, 0) is 49.6 Å². The summed E-state index contributed by atoms with van der Waals surface area (Å²) in [6.07, 6.45) is 0.344. The van der Waals surface area contributed by atoms with Crippen molar-refractivity contribution in [2.24, 2.45) is 5.73 Å². The maximum absolute atomic E-state index is 11.3. The molecule has 0 aliphatic heterocycles. The number of methoxy groups -OCH3 is 1. The molecule has 1 aromatic carbocycles. The Morgan fingerprint density at radius 3 is 2.35 bits per heavy atom. The van der Waals surface area contributed by atoms with Gasteiger partial charge in [0.1, 0.15) is 0 Å². The fraction of sp³-hybridized carbons (Fsp3) is 0.500. The lowest BCUT2D eigenvalue weighted by atomic mass is 9.89. The first-order valence-corrected chi connectivity index (χ1v) is 5.84. The van der Waals surface area contributed by atoms with E-state index < -0.39 is 0 Å². The zero-order valence-electron chi connectivity index (χ0n) is 11.0. The van der Waals surface area contributed by atoms with Crippen LogP contribution in [0.1, 0.15) is 34.6 Å². The molecule has 1 unspecified atom stereocenters. The summed E-state index contributed by atoms with van der Waals surface area (Å²) in [4.78, 5) is 11.3. The van der Waals surface area contributed by atoms with Gasteiger partial charge in [-0.2, -0.15) is 0 Å². The highest BCUT2D eigenvalue weighted by Gasteiger charge is 2.17. The van der Waals surface area contributed by atoms with Gasteiger partial charge < -0.3 is 10.5 Å². The Morgan fingerprint density at radius 2 is 1.82 bits per heavy atom. The van der Waals surface area contributed by atoms with Gasteiger partial charge in [-0.25, -0.2) is 0 Å². The third-order valence-corrected chi connectivity index (χ3v) is 3.25. The standard InChI is InChI=1S/C14H21NO2/c1-9-5-11(3)13(6-10(9)2)12(8-15)7-14(16)17-4/h5-6,12H,7-8,15H2,1-4H3. The lowest BCUT2D eigenvalue weighted by Gasteiger charge is -2.18. The summed E-state index contributed by atoms with van der Waals surface area (Å²) in [6.45, 7) is 6.67. The normalized spacial score (nSPS) is 12.3. The van der Waals surface area contributed by atoms with Crippen molar-refractivity contribution >= 4 is 5.97 Å². The van der Waals surface area contributed by atoms with Crippen molar-refractivity contribution in [3.05, 3.63) is 34.4 Å². The highest BCUT2D eigenvalue weighted by Crippen LogP contribution is 2.25. The summed E-state index contributed by atoms with van der Waals surface area (Å²) in [5.74, 6) is -0.167. The van der Waals surface area contributed by atoms with E-state index in [1.54, 1.807) is 0 Å². The van der Waals surface area contributed by atoms with Crippen LogP contribution in [0.15, 0.2) is 12.1 Å². The number of benzene rings is 1. The van der Waals surface area contributed by atoms with Crippen LogP contribution in [0.2, 0.25) is 0 Å². The van der Waals surface area contributed by atoms with Crippen molar-refractivity contribution in [2.45, 2.75) is 33.1 Å². The Morgan fingerprint density at radius 1 is 1.24 bits per heavy atom.